The van der Waals surface area contributed by atoms with E-state index in [0.29, 0.717) is 5.56 Å². The van der Waals surface area contributed by atoms with Crippen molar-refractivity contribution in [1.82, 2.24) is 15.0 Å². The predicted octanol–water partition coefficient (Wildman–Crippen LogP) is 2.31. The van der Waals surface area contributed by atoms with Crippen molar-refractivity contribution in [3.63, 3.8) is 0 Å². The number of halogens is 3. The normalized spacial score (nSPS) is 17.0. The largest absolute Gasteiger partial charge is 0.471 e. The van der Waals surface area contributed by atoms with Crippen LogP contribution in [0.15, 0.2) is 22.7 Å². The molecule has 1 aromatic carbocycles. The van der Waals surface area contributed by atoms with Crippen LogP contribution in [0.4, 0.5) is 18.9 Å². The van der Waals surface area contributed by atoms with Crippen LogP contribution in [0.25, 0.3) is 11.4 Å². The Balaban J connectivity index is 1.83. The van der Waals surface area contributed by atoms with Crippen molar-refractivity contribution >= 4 is 5.69 Å². The van der Waals surface area contributed by atoms with E-state index in [1.807, 2.05) is 0 Å². The lowest BCUT2D eigenvalue weighted by Gasteiger charge is -2.34. The zero-order valence-electron chi connectivity index (χ0n) is 11.9. The Morgan fingerprint density at radius 2 is 1.95 bits per heavy atom. The van der Waals surface area contributed by atoms with E-state index in [1.165, 1.54) is 0 Å². The van der Waals surface area contributed by atoms with Crippen molar-refractivity contribution in [1.29, 1.82) is 0 Å². The van der Waals surface area contributed by atoms with Gasteiger partial charge in [-0.05, 0) is 13.1 Å². The molecule has 1 fully saturated rings. The van der Waals surface area contributed by atoms with Gasteiger partial charge in [0.05, 0.1) is 0 Å². The Morgan fingerprint density at radius 1 is 1.23 bits per heavy atom. The fourth-order valence-electron chi connectivity index (χ4n) is 2.28. The average Bonchev–Trinajstić information content (AvgIpc) is 2.98. The molecule has 0 unspecified atom stereocenters. The van der Waals surface area contributed by atoms with Gasteiger partial charge in [-0.2, -0.15) is 18.2 Å². The highest BCUT2D eigenvalue weighted by atomic mass is 19.4. The lowest BCUT2D eigenvalue weighted by molar-refractivity contribution is -0.159. The second-order valence-electron chi connectivity index (χ2n) is 5.17. The first-order valence-corrected chi connectivity index (χ1v) is 6.80. The highest BCUT2D eigenvalue weighted by Crippen LogP contribution is 2.30. The van der Waals surface area contributed by atoms with E-state index in [2.05, 4.69) is 37.6 Å². The van der Waals surface area contributed by atoms with Crippen molar-refractivity contribution in [3.8, 4) is 11.4 Å². The summed E-state index contributed by atoms with van der Waals surface area (Å²) in [7, 11) is 2.05. The molecule has 1 aliphatic rings. The van der Waals surface area contributed by atoms with Gasteiger partial charge >= 0.3 is 12.1 Å². The van der Waals surface area contributed by atoms with Crippen LogP contribution in [0.2, 0.25) is 0 Å². The summed E-state index contributed by atoms with van der Waals surface area (Å²) in [6.45, 7) is 3.55. The third kappa shape index (κ3) is 3.06. The fraction of sp³-hybridized carbons (Fsp3) is 0.429. The third-order valence-corrected chi connectivity index (χ3v) is 3.56. The minimum atomic E-state index is -4.63. The van der Waals surface area contributed by atoms with Gasteiger partial charge in [0.2, 0.25) is 5.82 Å². The zero-order valence-corrected chi connectivity index (χ0v) is 11.9. The third-order valence-electron chi connectivity index (χ3n) is 3.56. The summed E-state index contributed by atoms with van der Waals surface area (Å²) < 4.78 is 41.8. The molecule has 8 heteroatoms. The molecule has 1 radical (unpaired) electrons. The van der Waals surface area contributed by atoms with Gasteiger partial charge in [0.1, 0.15) is 0 Å². The smallest absolute Gasteiger partial charge is 0.368 e. The Morgan fingerprint density at radius 3 is 2.59 bits per heavy atom. The Kier molecular flexibility index (Phi) is 3.78. The molecule has 22 heavy (non-hydrogen) atoms. The monoisotopic (exact) mass is 311 g/mol. The fourth-order valence-corrected chi connectivity index (χ4v) is 2.28. The highest BCUT2D eigenvalue weighted by molar-refractivity contribution is 5.62. The van der Waals surface area contributed by atoms with Crippen LogP contribution in [-0.4, -0.2) is 48.3 Å². The summed E-state index contributed by atoms with van der Waals surface area (Å²) in [5.41, 5.74) is 1.30. The van der Waals surface area contributed by atoms with Gasteiger partial charge in [-0.25, -0.2) is 0 Å². The number of anilines is 1. The number of alkyl halides is 3. The van der Waals surface area contributed by atoms with E-state index in [0.717, 1.165) is 31.9 Å². The topological polar surface area (TPSA) is 45.4 Å². The summed E-state index contributed by atoms with van der Waals surface area (Å²) >= 11 is 0. The SMILES string of the molecule is CN1CCN(c2[c]ccc(-c3noc(C(F)(F)F)n3)c2)CC1. The molecule has 0 aliphatic carbocycles. The van der Waals surface area contributed by atoms with Gasteiger partial charge in [-0.3, -0.25) is 0 Å². The lowest BCUT2D eigenvalue weighted by atomic mass is 10.1. The highest BCUT2D eigenvalue weighted by Gasteiger charge is 2.38. The van der Waals surface area contributed by atoms with Crippen LogP contribution in [-0.2, 0) is 6.18 Å². The van der Waals surface area contributed by atoms with Crippen LogP contribution in [0, 0.1) is 6.07 Å². The molecule has 0 atom stereocenters. The van der Waals surface area contributed by atoms with E-state index in [-0.39, 0.29) is 5.82 Å². The molecular formula is C14H14F3N4O. The summed E-state index contributed by atoms with van der Waals surface area (Å²) in [6, 6.07) is 8.11. The molecule has 1 aromatic heterocycles. The Hall–Kier alpha value is -2.09. The van der Waals surface area contributed by atoms with E-state index < -0.39 is 12.1 Å². The number of nitrogens with zero attached hydrogens (tertiary/aromatic N) is 4. The molecule has 0 amide bonds. The van der Waals surface area contributed by atoms with Crippen LogP contribution >= 0.6 is 0 Å². The summed E-state index contributed by atoms with van der Waals surface area (Å²) in [4.78, 5) is 7.76. The average molecular weight is 311 g/mol. The van der Waals surface area contributed by atoms with Crippen LogP contribution in [0.1, 0.15) is 5.89 Å². The Labute approximate surface area is 125 Å². The standard InChI is InChI=1S/C14H14F3N4O/c1-20-5-7-21(8-6-20)11-4-2-3-10(9-11)12-18-13(22-19-12)14(15,16)17/h2-3,9H,5-8H2,1H3. The summed E-state index contributed by atoms with van der Waals surface area (Å²) in [5, 5.41) is 3.40. The molecule has 1 saturated heterocycles. The molecule has 2 aromatic rings. The van der Waals surface area contributed by atoms with Crippen LogP contribution in [0.3, 0.4) is 0 Å². The van der Waals surface area contributed by atoms with Crippen molar-refractivity contribution in [2.75, 3.05) is 38.1 Å². The van der Waals surface area contributed by atoms with E-state index in [4.69, 9.17) is 0 Å². The van der Waals surface area contributed by atoms with Crippen molar-refractivity contribution in [2.45, 2.75) is 6.18 Å². The minimum Gasteiger partial charge on any atom is -0.368 e. The van der Waals surface area contributed by atoms with Crippen molar-refractivity contribution in [3.05, 3.63) is 30.2 Å². The zero-order chi connectivity index (χ0) is 15.7. The van der Waals surface area contributed by atoms with Crippen molar-refractivity contribution in [2.24, 2.45) is 0 Å². The summed E-state index contributed by atoms with van der Waals surface area (Å²) in [6.07, 6.45) is -4.63. The number of rotatable bonds is 2. The van der Waals surface area contributed by atoms with Gasteiger partial charge in [0.25, 0.3) is 0 Å². The molecule has 0 saturated carbocycles. The molecule has 5 nitrogen and oxygen atoms in total. The number of likely N-dealkylation sites (N-methyl/N-ethyl adjacent to an activating group) is 1. The van der Waals surface area contributed by atoms with Gasteiger partial charge in [0, 0.05) is 43.5 Å². The maximum Gasteiger partial charge on any atom is 0.471 e. The predicted molar refractivity (Wildman–Crippen MR) is 73.3 cm³/mol. The molecule has 0 N–H and O–H groups in total. The molecule has 0 spiro atoms. The second-order valence-corrected chi connectivity index (χ2v) is 5.17. The van der Waals surface area contributed by atoms with Gasteiger partial charge in [0.15, 0.2) is 0 Å². The number of hydrogen-bond donors (Lipinski definition) is 0. The van der Waals surface area contributed by atoms with E-state index >= 15 is 0 Å². The summed E-state index contributed by atoms with van der Waals surface area (Å²) in [5.74, 6) is -1.41. The number of benzene rings is 1. The molecule has 2 heterocycles. The van der Waals surface area contributed by atoms with Gasteiger partial charge < -0.3 is 14.3 Å². The molecule has 117 valence electrons. The molecule has 3 rings (SSSR count). The lowest BCUT2D eigenvalue weighted by Crippen LogP contribution is -2.44. The second kappa shape index (κ2) is 5.60. The molecule has 0 bridgehead atoms. The molecular weight excluding hydrogens is 297 g/mol. The van der Waals surface area contributed by atoms with E-state index in [1.54, 1.807) is 18.2 Å². The maximum atomic E-state index is 12.5. The number of piperazine rings is 1. The molecule has 1 aliphatic heterocycles. The van der Waals surface area contributed by atoms with Crippen LogP contribution < -0.4 is 4.90 Å². The van der Waals surface area contributed by atoms with Crippen LogP contribution in [0.5, 0.6) is 0 Å². The first-order chi connectivity index (χ1) is 10.4. The maximum absolute atomic E-state index is 12.5. The van der Waals surface area contributed by atoms with E-state index in [9.17, 15) is 13.2 Å². The minimum absolute atomic E-state index is 0.0725. The Bertz CT molecular complexity index is 648. The van der Waals surface area contributed by atoms with Gasteiger partial charge in [-0.1, -0.05) is 17.3 Å². The number of hydrogen-bond acceptors (Lipinski definition) is 5. The van der Waals surface area contributed by atoms with Gasteiger partial charge in [-0.15, -0.1) is 0 Å². The quantitative estimate of drug-likeness (QED) is 0.851. The van der Waals surface area contributed by atoms with Crippen molar-refractivity contribution < 1.29 is 17.7 Å². The first-order valence-electron chi connectivity index (χ1n) is 6.80. The number of aromatic nitrogens is 2. The first kappa shape index (κ1) is 14.8.